The topological polar surface area (TPSA) is 55.1 Å². The van der Waals surface area contributed by atoms with E-state index < -0.39 is 0 Å². The summed E-state index contributed by atoms with van der Waals surface area (Å²) in [7, 11) is 0. The van der Waals surface area contributed by atoms with Gasteiger partial charge < -0.3 is 9.73 Å². The van der Waals surface area contributed by atoms with Gasteiger partial charge in [-0.05, 0) is 17.7 Å². The van der Waals surface area contributed by atoms with E-state index in [0.29, 0.717) is 6.54 Å². The van der Waals surface area contributed by atoms with Gasteiger partial charge in [-0.3, -0.25) is 4.79 Å². The first-order chi connectivity index (χ1) is 7.75. The Morgan fingerprint density at radius 1 is 1.35 bits per heavy atom. The van der Waals surface area contributed by atoms with Gasteiger partial charge >= 0.3 is 0 Å². The molecule has 0 fully saturated rings. The average molecular weight is 257 g/mol. The molecule has 4 nitrogen and oxygen atoms in total. The van der Waals surface area contributed by atoms with Crippen molar-refractivity contribution in [3.63, 3.8) is 0 Å². The zero-order valence-electron chi connectivity index (χ0n) is 8.72. The molecule has 2 rings (SSSR count). The Bertz CT molecular complexity index is 471. The van der Waals surface area contributed by atoms with Crippen molar-refractivity contribution in [2.24, 2.45) is 0 Å². The smallest absolute Gasteiger partial charge is 0.273 e. The summed E-state index contributed by atoms with van der Waals surface area (Å²) in [6, 6.07) is 5.91. The van der Waals surface area contributed by atoms with E-state index in [1.54, 1.807) is 12.1 Å². The summed E-state index contributed by atoms with van der Waals surface area (Å²) >= 11 is 0. The number of nitrogens with one attached hydrogen (secondary N) is 1. The van der Waals surface area contributed by atoms with Gasteiger partial charge in [0.2, 0.25) is 0 Å². The van der Waals surface area contributed by atoms with Gasteiger partial charge in [-0.25, -0.2) is 9.37 Å². The van der Waals surface area contributed by atoms with Crippen LogP contribution in [0, 0.1) is 5.82 Å². The summed E-state index contributed by atoms with van der Waals surface area (Å²) in [5.74, 6) is -0.621. The molecule has 0 radical (unpaired) electrons. The van der Waals surface area contributed by atoms with Crippen molar-refractivity contribution in [2.75, 3.05) is 0 Å². The normalized spacial score (nSPS) is 9.47. The maximum absolute atomic E-state index is 12.6. The third kappa shape index (κ3) is 3.57. The number of oxazole rings is 1. The lowest BCUT2D eigenvalue weighted by Gasteiger charge is -2.02. The van der Waals surface area contributed by atoms with Crippen LogP contribution in [-0.2, 0) is 6.54 Å². The molecule has 1 N–H and O–H groups in total. The Labute approximate surface area is 103 Å². The third-order valence-corrected chi connectivity index (χ3v) is 2.03. The molecule has 1 aromatic heterocycles. The number of carbonyl (C=O) groups is 1. The van der Waals surface area contributed by atoms with Crippen molar-refractivity contribution in [1.82, 2.24) is 10.3 Å². The van der Waals surface area contributed by atoms with Crippen LogP contribution in [0.3, 0.4) is 0 Å². The van der Waals surface area contributed by atoms with E-state index in [9.17, 15) is 9.18 Å². The number of nitrogens with zero attached hydrogens (tertiary/aromatic N) is 1. The lowest BCUT2D eigenvalue weighted by molar-refractivity contribution is 0.0946. The third-order valence-electron chi connectivity index (χ3n) is 2.03. The van der Waals surface area contributed by atoms with Crippen LogP contribution in [0.15, 0.2) is 41.3 Å². The number of halogens is 2. The number of rotatable bonds is 3. The van der Waals surface area contributed by atoms with Crippen molar-refractivity contribution in [1.29, 1.82) is 0 Å². The van der Waals surface area contributed by atoms with Crippen molar-refractivity contribution in [3.8, 4) is 0 Å². The second-order valence-electron chi connectivity index (χ2n) is 3.18. The standard InChI is InChI=1S/C11H9FN2O2.ClH/c12-9-3-1-8(2-4-9)5-13-11(15)10-6-16-7-14-10;/h1-4,6-7H,5H2,(H,13,15);1H. The van der Waals surface area contributed by atoms with Crippen molar-refractivity contribution in [3.05, 3.63) is 54.0 Å². The second kappa shape index (κ2) is 6.00. The van der Waals surface area contributed by atoms with Gasteiger partial charge in [-0.15, -0.1) is 12.4 Å². The number of aromatic nitrogens is 1. The molecule has 0 aliphatic heterocycles. The van der Waals surface area contributed by atoms with Crippen LogP contribution in [0.25, 0.3) is 0 Å². The largest absolute Gasteiger partial charge is 0.451 e. The lowest BCUT2D eigenvalue weighted by Crippen LogP contribution is -2.22. The maximum Gasteiger partial charge on any atom is 0.273 e. The Morgan fingerprint density at radius 3 is 2.65 bits per heavy atom. The fraction of sp³-hybridized carbons (Fsp3) is 0.0909. The van der Waals surface area contributed by atoms with E-state index in [-0.39, 0.29) is 29.8 Å². The van der Waals surface area contributed by atoms with Crippen LogP contribution in [0.4, 0.5) is 4.39 Å². The fourth-order valence-electron chi connectivity index (χ4n) is 1.20. The fourth-order valence-corrected chi connectivity index (χ4v) is 1.20. The zero-order chi connectivity index (χ0) is 11.4. The summed E-state index contributed by atoms with van der Waals surface area (Å²) in [5.41, 5.74) is 1.04. The van der Waals surface area contributed by atoms with Crippen LogP contribution >= 0.6 is 12.4 Å². The molecule has 0 bridgehead atoms. The van der Waals surface area contributed by atoms with E-state index in [1.165, 1.54) is 24.8 Å². The molecule has 0 atom stereocenters. The first-order valence-electron chi connectivity index (χ1n) is 4.66. The SMILES string of the molecule is Cl.O=C(NCc1ccc(F)cc1)c1cocn1. The molecule has 0 aliphatic carbocycles. The van der Waals surface area contributed by atoms with Gasteiger partial charge in [0.15, 0.2) is 12.1 Å². The van der Waals surface area contributed by atoms with E-state index in [4.69, 9.17) is 0 Å². The second-order valence-corrected chi connectivity index (χ2v) is 3.18. The molecule has 17 heavy (non-hydrogen) atoms. The van der Waals surface area contributed by atoms with E-state index in [0.717, 1.165) is 5.56 Å². The Hall–Kier alpha value is -1.88. The number of amides is 1. The first kappa shape index (κ1) is 13.2. The van der Waals surface area contributed by atoms with Gasteiger partial charge in [0, 0.05) is 6.54 Å². The number of hydrogen-bond acceptors (Lipinski definition) is 3. The molecule has 1 aromatic carbocycles. The van der Waals surface area contributed by atoms with E-state index >= 15 is 0 Å². The molecule has 0 saturated carbocycles. The summed E-state index contributed by atoms with van der Waals surface area (Å²) in [4.78, 5) is 15.1. The summed E-state index contributed by atoms with van der Waals surface area (Å²) in [5, 5.41) is 2.64. The molecule has 1 amide bonds. The Balaban J connectivity index is 0.00000144. The van der Waals surface area contributed by atoms with Gasteiger partial charge in [0.25, 0.3) is 5.91 Å². The molecule has 0 aliphatic rings. The average Bonchev–Trinajstić information content (AvgIpc) is 2.81. The van der Waals surface area contributed by atoms with Crippen LogP contribution in [-0.4, -0.2) is 10.9 Å². The predicted molar refractivity (Wildman–Crippen MR) is 61.3 cm³/mol. The highest BCUT2D eigenvalue weighted by Gasteiger charge is 2.07. The molecule has 2 aromatic rings. The molecule has 90 valence electrons. The maximum atomic E-state index is 12.6. The Morgan fingerprint density at radius 2 is 2.06 bits per heavy atom. The molecule has 0 saturated heterocycles. The van der Waals surface area contributed by atoms with Crippen molar-refractivity contribution in [2.45, 2.75) is 6.54 Å². The van der Waals surface area contributed by atoms with Gasteiger partial charge in [-0.1, -0.05) is 12.1 Å². The number of carbonyl (C=O) groups excluding carboxylic acids is 1. The highest BCUT2D eigenvalue weighted by molar-refractivity contribution is 5.91. The minimum absolute atomic E-state index is 0. The number of benzene rings is 1. The summed E-state index contributed by atoms with van der Waals surface area (Å²) < 4.78 is 17.3. The molecule has 0 spiro atoms. The Kier molecular flexibility index (Phi) is 4.66. The van der Waals surface area contributed by atoms with E-state index in [1.807, 2.05) is 0 Å². The van der Waals surface area contributed by atoms with E-state index in [2.05, 4.69) is 14.7 Å². The highest BCUT2D eigenvalue weighted by atomic mass is 35.5. The summed E-state index contributed by atoms with van der Waals surface area (Å²) in [6.45, 7) is 0.325. The zero-order valence-corrected chi connectivity index (χ0v) is 9.54. The minimum atomic E-state index is -0.321. The quantitative estimate of drug-likeness (QED) is 0.916. The minimum Gasteiger partial charge on any atom is -0.451 e. The lowest BCUT2D eigenvalue weighted by atomic mass is 10.2. The summed E-state index contributed by atoms with van der Waals surface area (Å²) in [6.07, 6.45) is 2.45. The van der Waals surface area contributed by atoms with Crippen LogP contribution in [0.2, 0.25) is 0 Å². The predicted octanol–water partition coefficient (Wildman–Crippen LogP) is 2.17. The first-order valence-corrected chi connectivity index (χ1v) is 4.66. The monoisotopic (exact) mass is 256 g/mol. The van der Waals surface area contributed by atoms with Gasteiger partial charge in [-0.2, -0.15) is 0 Å². The number of hydrogen-bond donors (Lipinski definition) is 1. The molecule has 0 unspecified atom stereocenters. The molecular formula is C11H10ClFN2O2. The molecular weight excluding hydrogens is 247 g/mol. The van der Waals surface area contributed by atoms with Crippen LogP contribution in [0.5, 0.6) is 0 Å². The molecule has 6 heteroatoms. The van der Waals surface area contributed by atoms with Crippen LogP contribution in [0.1, 0.15) is 16.1 Å². The molecule has 1 heterocycles. The van der Waals surface area contributed by atoms with Crippen molar-refractivity contribution >= 4 is 18.3 Å². The van der Waals surface area contributed by atoms with Crippen molar-refractivity contribution < 1.29 is 13.6 Å². The highest BCUT2D eigenvalue weighted by Crippen LogP contribution is 2.02. The van der Waals surface area contributed by atoms with Crippen LogP contribution < -0.4 is 5.32 Å². The van der Waals surface area contributed by atoms with Gasteiger partial charge in [0.1, 0.15) is 12.1 Å². The van der Waals surface area contributed by atoms with Gasteiger partial charge in [0.05, 0.1) is 0 Å².